The molecule has 1 aliphatic rings. The highest BCUT2D eigenvalue weighted by molar-refractivity contribution is 7.99. The fourth-order valence-electron chi connectivity index (χ4n) is 2.03. The Morgan fingerprint density at radius 1 is 1.17 bits per heavy atom. The van der Waals surface area contributed by atoms with Crippen molar-refractivity contribution in [3.63, 3.8) is 0 Å². The molecule has 7 heteroatoms. The first-order chi connectivity index (χ1) is 10.3. The van der Waals surface area contributed by atoms with E-state index in [0.29, 0.717) is 11.5 Å². The van der Waals surface area contributed by atoms with E-state index in [-0.39, 0.29) is 30.7 Å². The van der Waals surface area contributed by atoms with Crippen molar-refractivity contribution in [2.45, 2.75) is 9.92 Å². The van der Waals surface area contributed by atoms with Gasteiger partial charge in [-0.2, -0.15) is 0 Å². The summed E-state index contributed by atoms with van der Waals surface area (Å²) < 4.78 is 0. The second-order valence-corrected chi connectivity index (χ2v) is 6.12. The fraction of sp³-hybridized carbons (Fsp3) is 0.250. The van der Waals surface area contributed by atoms with Gasteiger partial charge in [0, 0.05) is 42.2 Å². The van der Waals surface area contributed by atoms with E-state index in [1.54, 1.807) is 18.0 Å². The van der Waals surface area contributed by atoms with Gasteiger partial charge in [0.1, 0.15) is 5.03 Å². The number of rotatable bonds is 5. The lowest BCUT2D eigenvalue weighted by Crippen LogP contribution is -2.48. The lowest BCUT2D eigenvalue weighted by molar-refractivity contribution is 0.0942. The van der Waals surface area contributed by atoms with Crippen molar-refractivity contribution in [1.82, 2.24) is 15.6 Å². The molecule has 0 unspecified atom stereocenters. The highest BCUT2D eigenvalue weighted by Crippen LogP contribution is 2.25. The molecule has 2 N–H and O–H groups in total. The van der Waals surface area contributed by atoms with Crippen LogP contribution in [0, 0.1) is 5.92 Å². The molecule has 124 valence electrons. The molecule has 0 radical (unpaired) electrons. The van der Waals surface area contributed by atoms with Gasteiger partial charge in [0.05, 0.1) is 0 Å². The number of hydrogen-bond donors (Lipinski definition) is 2. The maximum Gasteiger partial charge on any atom is 0.251 e. The second-order valence-electron chi connectivity index (χ2n) is 5.03. The van der Waals surface area contributed by atoms with Crippen LogP contribution in [0.15, 0.2) is 58.6 Å². The summed E-state index contributed by atoms with van der Waals surface area (Å²) in [6.07, 6.45) is 1.78. The van der Waals surface area contributed by atoms with Crippen LogP contribution in [-0.4, -0.2) is 30.5 Å². The standard InChI is InChI=1S/C16H17N3OS.2ClH/c20-16(19-11-12-9-17-10-12)13-4-6-14(7-5-13)21-15-3-1-2-8-18-15;;/h1-8,12,17H,9-11H2,(H,19,20);2*1H. The Bertz CT molecular complexity index is 606. The van der Waals surface area contributed by atoms with Gasteiger partial charge in [-0.25, -0.2) is 4.98 Å². The number of pyridine rings is 1. The minimum atomic E-state index is -0.00344. The first kappa shape index (κ1) is 19.8. The number of carbonyl (C=O) groups excluding carboxylic acids is 1. The van der Waals surface area contributed by atoms with Gasteiger partial charge in [0.25, 0.3) is 5.91 Å². The van der Waals surface area contributed by atoms with Crippen molar-refractivity contribution in [3.05, 3.63) is 54.2 Å². The van der Waals surface area contributed by atoms with Gasteiger partial charge in [-0.3, -0.25) is 4.79 Å². The zero-order chi connectivity index (χ0) is 14.5. The fourth-order valence-corrected chi connectivity index (χ4v) is 2.81. The smallest absolute Gasteiger partial charge is 0.251 e. The van der Waals surface area contributed by atoms with Gasteiger partial charge in [-0.1, -0.05) is 17.8 Å². The summed E-state index contributed by atoms with van der Waals surface area (Å²) in [6, 6.07) is 13.5. The van der Waals surface area contributed by atoms with Crippen molar-refractivity contribution in [2.24, 2.45) is 5.92 Å². The summed E-state index contributed by atoms with van der Waals surface area (Å²) in [4.78, 5) is 17.4. The summed E-state index contributed by atoms with van der Waals surface area (Å²) in [6.45, 7) is 2.75. The molecule has 0 bridgehead atoms. The van der Waals surface area contributed by atoms with Crippen LogP contribution < -0.4 is 10.6 Å². The number of benzene rings is 1. The van der Waals surface area contributed by atoms with E-state index < -0.39 is 0 Å². The molecule has 1 fully saturated rings. The number of aromatic nitrogens is 1. The van der Waals surface area contributed by atoms with E-state index in [9.17, 15) is 4.79 Å². The molecular formula is C16H19Cl2N3OS. The Hall–Kier alpha value is -1.27. The van der Waals surface area contributed by atoms with E-state index in [1.807, 2.05) is 42.5 Å². The molecule has 1 saturated heterocycles. The third-order valence-corrected chi connectivity index (χ3v) is 4.35. The molecule has 0 saturated carbocycles. The topological polar surface area (TPSA) is 54.0 Å². The Morgan fingerprint density at radius 3 is 2.48 bits per heavy atom. The van der Waals surface area contributed by atoms with Crippen LogP contribution in [0.3, 0.4) is 0 Å². The lowest BCUT2D eigenvalue weighted by Gasteiger charge is -2.27. The van der Waals surface area contributed by atoms with E-state index in [0.717, 1.165) is 29.6 Å². The van der Waals surface area contributed by atoms with Gasteiger partial charge in [-0.15, -0.1) is 24.8 Å². The first-order valence-electron chi connectivity index (χ1n) is 6.99. The Morgan fingerprint density at radius 2 is 1.91 bits per heavy atom. The summed E-state index contributed by atoms with van der Waals surface area (Å²) in [5.74, 6) is 0.573. The largest absolute Gasteiger partial charge is 0.352 e. The predicted octanol–water partition coefficient (Wildman–Crippen LogP) is 3.03. The van der Waals surface area contributed by atoms with Crippen LogP contribution in [0.25, 0.3) is 0 Å². The SMILES string of the molecule is Cl.Cl.O=C(NCC1CNC1)c1ccc(Sc2ccccn2)cc1. The van der Waals surface area contributed by atoms with Crippen molar-refractivity contribution in [2.75, 3.05) is 19.6 Å². The molecule has 1 amide bonds. The molecule has 1 aromatic heterocycles. The van der Waals surface area contributed by atoms with E-state index in [4.69, 9.17) is 0 Å². The molecule has 1 aliphatic heterocycles. The zero-order valence-electron chi connectivity index (χ0n) is 12.4. The number of nitrogens with zero attached hydrogens (tertiary/aromatic N) is 1. The number of amides is 1. The van der Waals surface area contributed by atoms with Gasteiger partial charge >= 0.3 is 0 Å². The third-order valence-electron chi connectivity index (χ3n) is 3.39. The Kier molecular flexibility index (Phi) is 8.41. The maximum atomic E-state index is 12.0. The van der Waals surface area contributed by atoms with Crippen molar-refractivity contribution < 1.29 is 4.79 Å². The summed E-state index contributed by atoms with van der Waals surface area (Å²) in [5.41, 5.74) is 0.702. The van der Waals surface area contributed by atoms with Gasteiger partial charge in [0.15, 0.2) is 0 Å². The van der Waals surface area contributed by atoms with Crippen molar-refractivity contribution in [3.8, 4) is 0 Å². The zero-order valence-corrected chi connectivity index (χ0v) is 14.8. The Labute approximate surface area is 152 Å². The van der Waals surface area contributed by atoms with Crippen molar-refractivity contribution in [1.29, 1.82) is 0 Å². The van der Waals surface area contributed by atoms with Crippen LogP contribution in [0.5, 0.6) is 0 Å². The molecule has 23 heavy (non-hydrogen) atoms. The van der Waals surface area contributed by atoms with Gasteiger partial charge in [-0.05, 0) is 36.4 Å². The highest BCUT2D eigenvalue weighted by atomic mass is 35.5. The van der Waals surface area contributed by atoms with E-state index in [2.05, 4.69) is 15.6 Å². The first-order valence-corrected chi connectivity index (χ1v) is 7.81. The predicted molar refractivity (Wildman–Crippen MR) is 98.0 cm³/mol. The number of hydrogen-bond acceptors (Lipinski definition) is 4. The van der Waals surface area contributed by atoms with Gasteiger partial charge < -0.3 is 10.6 Å². The number of halogens is 2. The summed E-state index contributed by atoms with van der Waals surface area (Å²) in [5, 5.41) is 7.12. The average Bonchev–Trinajstić information content (AvgIpc) is 2.47. The molecule has 2 aromatic rings. The molecule has 3 rings (SSSR count). The molecule has 1 aromatic carbocycles. The van der Waals surface area contributed by atoms with Crippen molar-refractivity contribution >= 4 is 42.5 Å². The molecule has 0 aliphatic carbocycles. The monoisotopic (exact) mass is 371 g/mol. The van der Waals surface area contributed by atoms with Crippen LogP contribution in [0.2, 0.25) is 0 Å². The van der Waals surface area contributed by atoms with Gasteiger partial charge in [0.2, 0.25) is 0 Å². The normalized spacial score (nSPS) is 13.2. The summed E-state index contributed by atoms with van der Waals surface area (Å²) in [7, 11) is 0. The van der Waals surface area contributed by atoms with Crippen LogP contribution >= 0.6 is 36.6 Å². The number of carbonyl (C=O) groups is 1. The molecule has 0 spiro atoms. The minimum Gasteiger partial charge on any atom is -0.352 e. The molecule has 4 nitrogen and oxygen atoms in total. The van der Waals surface area contributed by atoms with E-state index >= 15 is 0 Å². The maximum absolute atomic E-state index is 12.0. The highest BCUT2D eigenvalue weighted by Gasteiger charge is 2.17. The van der Waals surface area contributed by atoms with E-state index in [1.165, 1.54) is 0 Å². The lowest BCUT2D eigenvalue weighted by atomic mass is 10.0. The summed E-state index contributed by atoms with van der Waals surface area (Å²) >= 11 is 1.59. The van der Waals surface area contributed by atoms with Crippen LogP contribution in [0.4, 0.5) is 0 Å². The third kappa shape index (κ3) is 5.70. The quantitative estimate of drug-likeness (QED) is 0.847. The van der Waals surface area contributed by atoms with Crippen LogP contribution in [0.1, 0.15) is 10.4 Å². The second kappa shape index (κ2) is 9.78. The molecule has 2 heterocycles. The Balaban J connectivity index is 0.00000132. The van der Waals surface area contributed by atoms with Crippen LogP contribution in [-0.2, 0) is 0 Å². The average molecular weight is 372 g/mol. The molecular weight excluding hydrogens is 353 g/mol. The number of nitrogens with one attached hydrogen (secondary N) is 2. The molecule has 0 atom stereocenters. The minimum absolute atomic E-state index is 0.